The average molecular weight is 355 g/mol. The minimum absolute atomic E-state index is 0.138. The van der Waals surface area contributed by atoms with Gasteiger partial charge in [-0.05, 0) is 12.0 Å². The van der Waals surface area contributed by atoms with Gasteiger partial charge in [0.25, 0.3) is 0 Å². The van der Waals surface area contributed by atoms with E-state index >= 15 is 0 Å². The molecule has 1 atom stereocenters. The highest BCUT2D eigenvalue weighted by Crippen LogP contribution is 2.18. The van der Waals surface area contributed by atoms with Crippen LogP contribution in [-0.2, 0) is 23.9 Å². The zero-order valence-corrected chi connectivity index (χ0v) is 14.5. The Morgan fingerprint density at radius 2 is 2.04 bits per heavy atom. The van der Waals surface area contributed by atoms with Gasteiger partial charge in [0.1, 0.15) is 0 Å². The van der Waals surface area contributed by atoms with Crippen LogP contribution in [0.2, 0.25) is 0 Å². The standard InChI is InChI=1S/C15H25N5O5/c1-12-11-14(22)20(15(12)23)6-2-3-13(21)17-4-7-24-9-10-25-8-5-18-19-16/h12H,2-11H2,1H3,(H,17,21). The van der Waals surface area contributed by atoms with Crippen molar-refractivity contribution in [3.8, 4) is 0 Å². The summed E-state index contributed by atoms with van der Waals surface area (Å²) in [6.07, 6.45) is 0.974. The molecule has 1 heterocycles. The molecular formula is C15H25N5O5. The van der Waals surface area contributed by atoms with Gasteiger partial charge in [-0.2, -0.15) is 0 Å². The monoisotopic (exact) mass is 355 g/mol. The van der Waals surface area contributed by atoms with E-state index < -0.39 is 0 Å². The molecule has 10 heteroatoms. The summed E-state index contributed by atoms with van der Waals surface area (Å²) in [4.78, 5) is 38.8. The first-order valence-corrected chi connectivity index (χ1v) is 8.33. The Labute approximate surface area is 146 Å². The molecule has 0 aromatic rings. The third-order valence-electron chi connectivity index (χ3n) is 3.59. The number of azide groups is 1. The zero-order valence-electron chi connectivity index (χ0n) is 14.5. The average Bonchev–Trinajstić information content (AvgIpc) is 2.82. The fourth-order valence-electron chi connectivity index (χ4n) is 2.30. The smallest absolute Gasteiger partial charge is 0.232 e. The molecule has 10 nitrogen and oxygen atoms in total. The van der Waals surface area contributed by atoms with Crippen molar-refractivity contribution in [1.29, 1.82) is 0 Å². The number of hydrogen-bond acceptors (Lipinski definition) is 6. The van der Waals surface area contributed by atoms with E-state index in [0.717, 1.165) is 0 Å². The van der Waals surface area contributed by atoms with Gasteiger partial charge in [-0.3, -0.25) is 19.3 Å². The van der Waals surface area contributed by atoms with Crippen LogP contribution >= 0.6 is 0 Å². The number of hydrogen-bond donors (Lipinski definition) is 1. The number of nitrogens with one attached hydrogen (secondary N) is 1. The van der Waals surface area contributed by atoms with E-state index in [1.807, 2.05) is 0 Å². The molecule has 0 spiro atoms. The Balaban J connectivity index is 1.95. The molecule has 0 saturated carbocycles. The molecule has 0 aliphatic carbocycles. The lowest BCUT2D eigenvalue weighted by atomic mass is 10.1. The highest BCUT2D eigenvalue weighted by atomic mass is 16.5. The van der Waals surface area contributed by atoms with Gasteiger partial charge in [-0.15, -0.1) is 0 Å². The summed E-state index contributed by atoms with van der Waals surface area (Å²) in [5.41, 5.74) is 8.07. The normalized spacial score (nSPS) is 16.8. The maximum Gasteiger partial charge on any atom is 0.232 e. The largest absolute Gasteiger partial charge is 0.379 e. The molecule has 0 radical (unpaired) electrons. The van der Waals surface area contributed by atoms with Crippen molar-refractivity contribution in [2.24, 2.45) is 11.0 Å². The number of rotatable bonds is 13. The minimum Gasteiger partial charge on any atom is -0.379 e. The predicted molar refractivity (Wildman–Crippen MR) is 88.4 cm³/mol. The Morgan fingerprint density at radius 1 is 1.32 bits per heavy atom. The van der Waals surface area contributed by atoms with Crippen LogP contribution in [0.15, 0.2) is 5.11 Å². The molecule has 0 aromatic carbocycles. The van der Waals surface area contributed by atoms with Crippen molar-refractivity contribution in [3.05, 3.63) is 10.4 Å². The van der Waals surface area contributed by atoms with E-state index in [9.17, 15) is 14.4 Å². The van der Waals surface area contributed by atoms with Crippen LogP contribution in [0.25, 0.3) is 10.4 Å². The van der Waals surface area contributed by atoms with Gasteiger partial charge < -0.3 is 14.8 Å². The van der Waals surface area contributed by atoms with E-state index in [0.29, 0.717) is 52.5 Å². The van der Waals surface area contributed by atoms with Crippen LogP contribution in [0.1, 0.15) is 26.2 Å². The topological polar surface area (TPSA) is 134 Å². The van der Waals surface area contributed by atoms with E-state index in [-0.39, 0.29) is 36.5 Å². The van der Waals surface area contributed by atoms with Crippen LogP contribution in [0.4, 0.5) is 0 Å². The highest BCUT2D eigenvalue weighted by Gasteiger charge is 2.34. The predicted octanol–water partition coefficient (Wildman–Crippen LogP) is 0.621. The Kier molecular flexibility index (Phi) is 10.2. The molecule has 0 aromatic heterocycles. The van der Waals surface area contributed by atoms with Gasteiger partial charge in [0, 0.05) is 43.3 Å². The second kappa shape index (κ2) is 12.2. The second-order valence-corrected chi connectivity index (χ2v) is 5.62. The van der Waals surface area contributed by atoms with Crippen LogP contribution in [0.3, 0.4) is 0 Å². The number of nitrogens with zero attached hydrogens (tertiary/aromatic N) is 4. The van der Waals surface area contributed by atoms with Gasteiger partial charge in [0.2, 0.25) is 17.7 Å². The van der Waals surface area contributed by atoms with E-state index in [1.165, 1.54) is 4.90 Å². The Bertz CT molecular complexity index is 507. The van der Waals surface area contributed by atoms with Crippen LogP contribution in [-0.4, -0.2) is 68.7 Å². The fraction of sp³-hybridized carbons (Fsp3) is 0.800. The Morgan fingerprint density at radius 3 is 2.68 bits per heavy atom. The van der Waals surface area contributed by atoms with Crippen molar-refractivity contribution in [2.45, 2.75) is 26.2 Å². The highest BCUT2D eigenvalue weighted by molar-refractivity contribution is 6.03. The summed E-state index contributed by atoms with van der Waals surface area (Å²) >= 11 is 0. The van der Waals surface area contributed by atoms with Gasteiger partial charge in [-0.25, -0.2) is 0 Å². The van der Waals surface area contributed by atoms with Gasteiger partial charge in [-0.1, -0.05) is 12.0 Å². The summed E-state index contributed by atoms with van der Waals surface area (Å²) in [5, 5.41) is 6.04. The molecule has 1 rings (SSSR count). The molecule has 1 N–H and O–H groups in total. The van der Waals surface area contributed by atoms with Gasteiger partial charge in [0.05, 0.1) is 26.4 Å². The summed E-state index contributed by atoms with van der Waals surface area (Å²) in [6.45, 7) is 4.21. The number of carbonyl (C=O) groups is 3. The number of carbonyl (C=O) groups excluding carboxylic acids is 3. The third-order valence-corrected chi connectivity index (χ3v) is 3.59. The molecule has 1 aliphatic heterocycles. The van der Waals surface area contributed by atoms with Crippen LogP contribution in [0, 0.1) is 5.92 Å². The van der Waals surface area contributed by atoms with E-state index in [1.54, 1.807) is 6.92 Å². The second-order valence-electron chi connectivity index (χ2n) is 5.62. The minimum atomic E-state index is -0.249. The quantitative estimate of drug-likeness (QED) is 0.170. The lowest BCUT2D eigenvalue weighted by Gasteiger charge is -2.13. The van der Waals surface area contributed by atoms with Gasteiger partial charge >= 0.3 is 0 Å². The van der Waals surface area contributed by atoms with E-state index in [4.69, 9.17) is 15.0 Å². The van der Waals surface area contributed by atoms with Crippen molar-refractivity contribution >= 4 is 17.7 Å². The van der Waals surface area contributed by atoms with Crippen molar-refractivity contribution in [2.75, 3.05) is 46.1 Å². The Hall–Kier alpha value is -2.16. The lowest BCUT2D eigenvalue weighted by Crippen LogP contribution is -2.33. The third kappa shape index (κ3) is 8.48. The first kappa shape index (κ1) is 20.9. The molecule has 0 bridgehead atoms. The zero-order chi connectivity index (χ0) is 18.5. The van der Waals surface area contributed by atoms with Crippen LogP contribution < -0.4 is 5.32 Å². The van der Waals surface area contributed by atoms with Gasteiger partial charge in [0.15, 0.2) is 0 Å². The van der Waals surface area contributed by atoms with Crippen molar-refractivity contribution in [3.63, 3.8) is 0 Å². The molecule has 1 saturated heterocycles. The maximum atomic E-state index is 11.7. The summed E-state index contributed by atoms with van der Waals surface area (Å²) in [7, 11) is 0. The summed E-state index contributed by atoms with van der Waals surface area (Å²) in [6, 6.07) is 0. The molecule has 1 fully saturated rings. The molecular weight excluding hydrogens is 330 g/mol. The number of ether oxygens (including phenoxy) is 2. The lowest BCUT2D eigenvalue weighted by molar-refractivity contribution is -0.139. The molecule has 1 unspecified atom stereocenters. The SMILES string of the molecule is CC1CC(=O)N(CCCC(=O)NCCOCCOCCN=[N+]=[N-])C1=O. The maximum absolute atomic E-state index is 11.7. The molecule has 25 heavy (non-hydrogen) atoms. The molecule has 140 valence electrons. The van der Waals surface area contributed by atoms with Crippen LogP contribution in [0.5, 0.6) is 0 Å². The molecule has 1 aliphatic rings. The number of amides is 3. The molecule has 3 amide bonds. The van der Waals surface area contributed by atoms with Crippen molar-refractivity contribution < 1.29 is 23.9 Å². The summed E-state index contributed by atoms with van der Waals surface area (Å²) < 4.78 is 10.4. The van der Waals surface area contributed by atoms with Crippen molar-refractivity contribution in [1.82, 2.24) is 10.2 Å². The van der Waals surface area contributed by atoms with E-state index in [2.05, 4.69) is 15.3 Å². The number of imide groups is 1. The summed E-state index contributed by atoms with van der Waals surface area (Å²) in [5.74, 6) is -0.698. The first-order chi connectivity index (χ1) is 12.1. The number of likely N-dealkylation sites (tertiary alicyclic amines) is 1. The fourth-order valence-corrected chi connectivity index (χ4v) is 2.30. The first-order valence-electron chi connectivity index (χ1n) is 8.33.